The van der Waals surface area contributed by atoms with Crippen molar-refractivity contribution >= 4 is 11.8 Å². The number of pyridine rings is 1. The predicted molar refractivity (Wildman–Crippen MR) is 159 cm³/mol. The first-order chi connectivity index (χ1) is 19.0. The molecule has 5 nitrogen and oxygen atoms in total. The highest BCUT2D eigenvalue weighted by molar-refractivity contribution is 5.89. The Labute approximate surface area is 235 Å². The van der Waals surface area contributed by atoms with Crippen LogP contribution in [0, 0.1) is 0 Å². The van der Waals surface area contributed by atoms with Crippen LogP contribution in [-0.4, -0.2) is 34.8 Å². The fourth-order valence-electron chi connectivity index (χ4n) is 5.22. The van der Waals surface area contributed by atoms with Crippen molar-refractivity contribution in [3.63, 3.8) is 0 Å². The van der Waals surface area contributed by atoms with Gasteiger partial charge >= 0.3 is 0 Å². The smallest absolute Gasteiger partial charge is 0.231 e. The van der Waals surface area contributed by atoms with Crippen LogP contribution in [0.25, 0.3) is 0 Å². The lowest BCUT2D eigenvalue weighted by atomic mass is 9.71. The molecule has 0 spiro atoms. The van der Waals surface area contributed by atoms with Crippen LogP contribution in [0.3, 0.4) is 0 Å². The topological polar surface area (TPSA) is 62.3 Å². The molecule has 1 saturated heterocycles. The molecule has 2 aromatic carbocycles. The van der Waals surface area contributed by atoms with E-state index in [0.717, 1.165) is 17.5 Å². The fourth-order valence-corrected chi connectivity index (χ4v) is 5.22. The van der Waals surface area contributed by atoms with Gasteiger partial charge in [0.05, 0.1) is 11.5 Å². The molecule has 39 heavy (non-hydrogen) atoms. The minimum absolute atomic E-state index is 0.0447. The Morgan fingerprint density at radius 3 is 2.08 bits per heavy atom. The molecule has 1 fully saturated rings. The zero-order chi connectivity index (χ0) is 27.9. The predicted octanol–water partition coefficient (Wildman–Crippen LogP) is 7.04. The Morgan fingerprint density at radius 2 is 1.49 bits per heavy atom. The van der Waals surface area contributed by atoms with Gasteiger partial charge in [-0.15, -0.1) is 0 Å². The number of hydrogen-bond acceptors (Lipinski definition) is 3. The molecule has 4 rings (SSSR count). The molecule has 3 aromatic rings. The Kier molecular flexibility index (Phi) is 12.2. The third kappa shape index (κ3) is 9.05. The molecular weight excluding hydrogens is 482 g/mol. The van der Waals surface area contributed by atoms with E-state index in [1.54, 1.807) is 6.92 Å². The van der Waals surface area contributed by atoms with E-state index in [2.05, 4.69) is 29.4 Å². The van der Waals surface area contributed by atoms with Gasteiger partial charge in [0.25, 0.3) is 0 Å². The summed E-state index contributed by atoms with van der Waals surface area (Å²) in [5, 5.41) is 3.21. The van der Waals surface area contributed by atoms with E-state index in [0.29, 0.717) is 25.9 Å². The normalized spacial score (nSPS) is 15.0. The number of likely N-dealkylation sites (tertiary alicyclic amines) is 1. The summed E-state index contributed by atoms with van der Waals surface area (Å²) < 4.78 is 0. The number of benzene rings is 2. The standard InChI is InChI=1S/C22H26N2O2.C12H19N/c1-17(19-9-5-3-6-10-19)23-21(26)22(20-11-7-4-8-12-20)13-15-24(16-14-22)18(2)25;1-2-3-4-5-6-9-12-10-7-8-11-13-12/h3-12,17H,13-16H2,1-2H3,(H,23,26);7-8,10-11H,2-6,9H2,1H3/t17-;/m0./s1. The number of unbranched alkanes of at least 4 members (excludes halogenated alkanes) is 4. The summed E-state index contributed by atoms with van der Waals surface area (Å²) in [5.41, 5.74) is 2.76. The first-order valence-electron chi connectivity index (χ1n) is 14.5. The van der Waals surface area contributed by atoms with Gasteiger partial charge in [0.15, 0.2) is 0 Å². The van der Waals surface area contributed by atoms with Crippen molar-refractivity contribution in [2.45, 2.75) is 83.6 Å². The Bertz CT molecular complexity index is 1110. The van der Waals surface area contributed by atoms with Gasteiger partial charge in [-0.2, -0.15) is 0 Å². The molecule has 0 radical (unpaired) electrons. The number of aryl methyl sites for hydroxylation is 1. The van der Waals surface area contributed by atoms with E-state index >= 15 is 0 Å². The van der Waals surface area contributed by atoms with Gasteiger partial charge in [-0.1, -0.05) is 99.3 Å². The maximum Gasteiger partial charge on any atom is 0.231 e. The number of aromatic nitrogens is 1. The molecule has 0 aliphatic carbocycles. The van der Waals surface area contributed by atoms with E-state index in [4.69, 9.17) is 0 Å². The van der Waals surface area contributed by atoms with Crippen molar-refractivity contribution in [3.05, 3.63) is 102 Å². The molecule has 1 aromatic heterocycles. The first-order valence-corrected chi connectivity index (χ1v) is 14.5. The molecule has 0 unspecified atom stereocenters. The molecule has 5 heteroatoms. The van der Waals surface area contributed by atoms with E-state index in [1.807, 2.05) is 84.8 Å². The number of carbonyl (C=O) groups is 2. The van der Waals surface area contributed by atoms with Crippen molar-refractivity contribution < 1.29 is 9.59 Å². The largest absolute Gasteiger partial charge is 0.349 e. The Morgan fingerprint density at radius 1 is 0.872 bits per heavy atom. The minimum atomic E-state index is -0.587. The maximum absolute atomic E-state index is 13.4. The summed E-state index contributed by atoms with van der Waals surface area (Å²) in [5.74, 6) is 0.118. The van der Waals surface area contributed by atoms with Gasteiger partial charge in [0.2, 0.25) is 11.8 Å². The third-order valence-corrected chi connectivity index (χ3v) is 7.73. The SMILES string of the molecule is CC(=O)N1CCC(C(=O)N[C@@H](C)c2ccccc2)(c2ccccc2)CC1.CCCCCCCc1ccccn1. The van der Waals surface area contributed by atoms with Crippen LogP contribution >= 0.6 is 0 Å². The monoisotopic (exact) mass is 527 g/mol. The van der Waals surface area contributed by atoms with E-state index in [1.165, 1.54) is 37.8 Å². The molecule has 2 heterocycles. The average Bonchev–Trinajstić information content (AvgIpc) is 2.98. The molecule has 2 amide bonds. The van der Waals surface area contributed by atoms with Gasteiger partial charge in [0.1, 0.15) is 0 Å². The van der Waals surface area contributed by atoms with Crippen molar-refractivity contribution in [2.75, 3.05) is 13.1 Å². The summed E-state index contributed by atoms with van der Waals surface area (Å²) >= 11 is 0. The number of hydrogen-bond donors (Lipinski definition) is 1. The van der Waals surface area contributed by atoms with E-state index < -0.39 is 5.41 Å². The second kappa shape index (κ2) is 15.8. The fraction of sp³-hybridized carbons (Fsp3) is 0.441. The second-order valence-corrected chi connectivity index (χ2v) is 10.5. The lowest BCUT2D eigenvalue weighted by Crippen LogP contribution is -2.52. The number of nitrogens with zero attached hydrogens (tertiary/aromatic N) is 2. The third-order valence-electron chi connectivity index (χ3n) is 7.73. The van der Waals surface area contributed by atoms with Gasteiger partial charge < -0.3 is 10.2 Å². The molecular formula is C34H45N3O2. The summed E-state index contributed by atoms with van der Waals surface area (Å²) in [6.07, 6.45) is 11.0. The van der Waals surface area contributed by atoms with Crippen molar-refractivity contribution in [1.29, 1.82) is 0 Å². The molecule has 1 aliphatic heterocycles. The first kappa shape index (κ1) is 30.1. The average molecular weight is 528 g/mol. The molecule has 1 N–H and O–H groups in total. The number of carbonyl (C=O) groups excluding carboxylic acids is 2. The second-order valence-electron chi connectivity index (χ2n) is 10.5. The van der Waals surface area contributed by atoms with Crippen LogP contribution in [0.4, 0.5) is 0 Å². The van der Waals surface area contributed by atoms with Crippen LogP contribution in [0.5, 0.6) is 0 Å². The van der Waals surface area contributed by atoms with Crippen molar-refractivity contribution in [2.24, 2.45) is 0 Å². The minimum Gasteiger partial charge on any atom is -0.349 e. The zero-order valence-corrected chi connectivity index (χ0v) is 23.9. The number of rotatable bonds is 10. The van der Waals surface area contributed by atoms with Crippen LogP contribution in [0.2, 0.25) is 0 Å². The molecule has 208 valence electrons. The van der Waals surface area contributed by atoms with Crippen LogP contribution in [0.15, 0.2) is 85.1 Å². The van der Waals surface area contributed by atoms with E-state index in [-0.39, 0.29) is 17.9 Å². The van der Waals surface area contributed by atoms with Crippen LogP contribution < -0.4 is 5.32 Å². The number of piperidine rings is 1. The Hall–Kier alpha value is -3.47. The molecule has 1 atom stereocenters. The molecule has 1 aliphatic rings. The highest BCUT2D eigenvalue weighted by Gasteiger charge is 2.43. The van der Waals surface area contributed by atoms with Gasteiger partial charge in [0, 0.05) is 31.9 Å². The van der Waals surface area contributed by atoms with Gasteiger partial charge in [-0.3, -0.25) is 14.6 Å². The van der Waals surface area contributed by atoms with Crippen LogP contribution in [-0.2, 0) is 21.4 Å². The van der Waals surface area contributed by atoms with Gasteiger partial charge in [-0.05, 0) is 55.9 Å². The lowest BCUT2D eigenvalue weighted by molar-refractivity contribution is -0.135. The summed E-state index contributed by atoms with van der Waals surface area (Å²) in [6.45, 7) is 7.07. The van der Waals surface area contributed by atoms with E-state index in [9.17, 15) is 9.59 Å². The number of nitrogens with one attached hydrogen (secondary N) is 1. The summed E-state index contributed by atoms with van der Waals surface area (Å²) in [6, 6.07) is 26.0. The summed E-state index contributed by atoms with van der Waals surface area (Å²) in [4.78, 5) is 31.2. The molecule has 0 saturated carbocycles. The highest BCUT2D eigenvalue weighted by atomic mass is 16.2. The maximum atomic E-state index is 13.4. The van der Waals surface area contributed by atoms with Crippen LogP contribution in [0.1, 0.15) is 88.6 Å². The quantitative estimate of drug-likeness (QED) is 0.288. The summed E-state index contributed by atoms with van der Waals surface area (Å²) in [7, 11) is 0. The zero-order valence-electron chi connectivity index (χ0n) is 23.9. The highest BCUT2D eigenvalue weighted by Crippen LogP contribution is 2.36. The van der Waals surface area contributed by atoms with Gasteiger partial charge in [-0.25, -0.2) is 0 Å². The molecule has 0 bridgehead atoms. The van der Waals surface area contributed by atoms with Crippen molar-refractivity contribution in [1.82, 2.24) is 15.2 Å². The number of amides is 2. The van der Waals surface area contributed by atoms with Crippen molar-refractivity contribution in [3.8, 4) is 0 Å². The Balaban J connectivity index is 0.000000272. The lowest BCUT2D eigenvalue weighted by Gasteiger charge is -2.41.